The molecule has 3 atom stereocenters. The van der Waals surface area contributed by atoms with Crippen LogP contribution < -0.4 is 5.32 Å². The average Bonchev–Trinajstić information content (AvgIpc) is 3.09. The number of hydrogen-bond acceptors (Lipinski definition) is 3. The van der Waals surface area contributed by atoms with Crippen molar-refractivity contribution < 1.29 is 4.79 Å². The molecule has 1 fully saturated rings. The molecule has 3 aromatic rings. The molecule has 1 heterocycles. The SMILES string of the molecule is Cc1ccc(-n2c(SCC(=O)N[C@@H]3CCC[C@@H](C)[C@@H]3C)nc3ccccc32)cc1. The molecule has 0 saturated heterocycles. The summed E-state index contributed by atoms with van der Waals surface area (Å²) in [5.74, 6) is 1.69. The van der Waals surface area contributed by atoms with E-state index in [1.807, 2.05) is 18.2 Å². The van der Waals surface area contributed by atoms with E-state index in [0.29, 0.717) is 23.6 Å². The molecule has 1 N–H and O–H groups in total. The number of benzene rings is 2. The molecule has 0 radical (unpaired) electrons. The summed E-state index contributed by atoms with van der Waals surface area (Å²) in [5, 5.41) is 4.13. The molecule has 5 heteroatoms. The molecule has 0 bridgehead atoms. The van der Waals surface area contributed by atoms with Crippen LogP contribution in [0.4, 0.5) is 0 Å². The summed E-state index contributed by atoms with van der Waals surface area (Å²) in [7, 11) is 0. The minimum absolute atomic E-state index is 0.100. The number of imidazole rings is 1. The lowest BCUT2D eigenvalue weighted by atomic mass is 9.78. The van der Waals surface area contributed by atoms with Gasteiger partial charge >= 0.3 is 0 Å². The zero-order chi connectivity index (χ0) is 20.4. The van der Waals surface area contributed by atoms with Crippen LogP contribution in [0.5, 0.6) is 0 Å². The molecule has 1 aliphatic carbocycles. The van der Waals surface area contributed by atoms with Crippen molar-refractivity contribution in [2.45, 2.75) is 51.2 Å². The Labute approximate surface area is 177 Å². The lowest BCUT2D eigenvalue weighted by Gasteiger charge is -2.34. The van der Waals surface area contributed by atoms with Gasteiger partial charge < -0.3 is 5.32 Å². The third kappa shape index (κ3) is 4.35. The van der Waals surface area contributed by atoms with Crippen molar-refractivity contribution in [1.82, 2.24) is 14.9 Å². The van der Waals surface area contributed by atoms with E-state index in [1.165, 1.54) is 30.2 Å². The number of rotatable bonds is 5. The van der Waals surface area contributed by atoms with Crippen LogP contribution in [0.3, 0.4) is 0 Å². The lowest BCUT2D eigenvalue weighted by molar-refractivity contribution is -0.120. The number of nitrogens with zero attached hydrogens (tertiary/aromatic N) is 2. The van der Waals surface area contributed by atoms with Gasteiger partial charge in [-0.25, -0.2) is 4.98 Å². The Morgan fingerprint density at radius 2 is 1.90 bits per heavy atom. The predicted octanol–water partition coefficient (Wildman–Crippen LogP) is 5.37. The van der Waals surface area contributed by atoms with Gasteiger partial charge in [0.05, 0.1) is 16.8 Å². The second kappa shape index (κ2) is 8.62. The maximum Gasteiger partial charge on any atom is 0.230 e. The van der Waals surface area contributed by atoms with Crippen LogP contribution in [0.15, 0.2) is 53.7 Å². The summed E-state index contributed by atoms with van der Waals surface area (Å²) in [6.45, 7) is 6.64. The number of thioether (sulfide) groups is 1. The molecule has 29 heavy (non-hydrogen) atoms. The molecular formula is C24H29N3OS. The Bertz CT molecular complexity index is 995. The summed E-state index contributed by atoms with van der Waals surface area (Å²) < 4.78 is 2.15. The van der Waals surface area contributed by atoms with E-state index in [0.717, 1.165) is 28.3 Å². The largest absolute Gasteiger partial charge is 0.352 e. The Hall–Kier alpha value is -2.27. The number of amides is 1. The van der Waals surface area contributed by atoms with Gasteiger partial charge in [-0.1, -0.05) is 68.3 Å². The molecule has 1 amide bonds. The molecule has 4 nitrogen and oxygen atoms in total. The molecule has 0 aliphatic heterocycles. The molecule has 2 aromatic carbocycles. The van der Waals surface area contributed by atoms with Crippen LogP contribution in [0.1, 0.15) is 38.7 Å². The minimum atomic E-state index is 0.100. The number of carbonyl (C=O) groups is 1. The molecule has 152 valence electrons. The Morgan fingerprint density at radius 3 is 2.69 bits per heavy atom. The quantitative estimate of drug-likeness (QED) is 0.579. The maximum atomic E-state index is 12.7. The highest BCUT2D eigenvalue weighted by Gasteiger charge is 2.28. The molecule has 1 aliphatic rings. The number of aromatic nitrogens is 2. The highest BCUT2D eigenvalue weighted by atomic mass is 32.2. The smallest absolute Gasteiger partial charge is 0.230 e. The highest BCUT2D eigenvalue weighted by molar-refractivity contribution is 7.99. The van der Waals surface area contributed by atoms with Crippen LogP contribution in [0.25, 0.3) is 16.7 Å². The van der Waals surface area contributed by atoms with Gasteiger partial charge in [0, 0.05) is 11.7 Å². The first-order chi connectivity index (χ1) is 14.0. The fraction of sp³-hybridized carbons (Fsp3) is 0.417. The van der Waals surface area contributed by atoms with Gasteiger partial charge in [-0.3, -0.25) is 9.36 Å². The third-order valence-corrected chi connectivity index (χ3v) is 7.15. The van der Waals surface area contributed by atoms with Gasteiger partial charge in [0.1, 0.15) is 0 Å². The second-order valence-electron chi connectivity index (χ2n) is 8.28. The van der Waals surface area contributed by atoms with Gasteiger partial charge in [-0.15, -0.1) is 0 Å². The third-order valence-electron chi connectivity index (χ3n) is 6.21. The van der Waals surface area contributed by atoms with Crippen LogP contribution in [-0.4, -0.2) is 27.3 Å². The van der Waals surface area contributed by atoms with Gasteiger partial charge in [-0.2, -0.15) is 0 Å². The first-order valence-corrected chi connectivity index (χ1v) is 11.5. The van der Waals surface area contributed by atoms with Crippen molar-refractivity contribution in [1.29, 1.82) is 0 Å². The van der Waals surface area contributed by atoms with Crippen molar-refractivity contribution in [2.24, 2.45) is 11.8 Å². The van der Waals surface area contributed by atoms with Crippen molar-refractivity contribution in [3.63, 3.8) is 0 Å². The topological polar surface area (TPSA) is 46.9 Å². The molecule has 4 rings (SSSR count). The van der Waals surface area contributed by atoms with Crippen LogP contribution in [-0.2, 0) is 4.79 Å². The van der Waals surface area contributed by atoms with E-state index < -0.39 is 0 Å². The number of aryl methyl sites for hydroxylation is 1. The van der Waals surface area contributed by atoms with Crippen LogP contribution >= 0.6 is 11.8 Å². The Balaban J connectivity index is 1.52. The normalized spacial score (nSPS) is 22.0. The van der Waals surface area contributed by atoms with E-state index in [1.54, 1.807) is 0 Å². The standard InChI is InChI=1S/C24H29N3OS/c1-16-11-13-19(14-12-16)27-22-10-5-4-8-21(22)26-24(27)29-15-23(28)25-20-9-6-7-17(2)18(20)3/h4-5,8,10-14,17-18,20H,6-7,9,15H2,1-3H3,(H,25,28)/t17-,18+,20-/m1/s1. The lowest BCUT2D eigenvalue weighted by Crippen LogP contribution is -2.44. The summed E-state index contributed by atoms with van der Waals surface area (Å²) in [4.78, 5) is 17.5. The molecule has 1 aromatic heterocycles. The monoisotopic (exact) mass is 407 g/mol. The van der Waals surface area contributed by atoms with Gasteiger partial charge in [0.15, 0.2) is 5.16 Å². The van der Waals surface area contributed by atoms with Gasteiger partial charge in [0.2, 0.25) is 5.91 Å². The fourth-order valence-electron chi connectivity index (χ4n) is 4.21. The average molecular weight is 408 g/mol. The zero-order valence-electron chi connectivity index (χ0n) is 17.4. The molecule has 0 unspecified atom stereocenters. The van der Waals surface area contributed by atoms with Crippen molar-refractivity contribution >= 4 is 28.7 Å². The summed E-state index contributed by atoms with van der Waals surface area (Å²) >= 11 is 1.51. The van der Waals surface area contributed by atoms with E-state index in [-0.39, 0.29) is 5.91 Å². The summed E-state index contributed by atoms with van der Waals surface area (Å²) in [5.41, 5.74) is 4.31. The minimum Gasteiger partial charge on any atom is -0.352 e. The van der Waals surface area contributed by atoms with Crippen molar-refractivity contribution in [2.75, 3.05) is 5.75 Å². The zero-order valence-corrected chi connectivity index (χ0v) is 18.2. The van der Waals surface area contributed by atoms with Gasteiger partial charge in [0.25, 0.3) is 0 Å². The maximum absolute atomic E-state index is 12.7. The second-order valence-corrected chi connectivity index (χ2v) is 9.23. The van der Waals surface area contributed by atoms with Crippen molar-refractivity contribution in [3.05, 3.63) is 54.1 Å². The summed E-state index contributed by atoms with van der Waals surface area (Å²) in [6.07, 6.45) is 3.56. The number of para-hydroxylation sites is 2. The first-order valence-electron chi connectivity index (χ1n) is 10.5. The summed E-state index contributed by atoms with van der Waals surface area (Å²) in [6, 6.07) is 16.9. The van der Waals surface area contributed by atoms with E-state index in [2.05, 4.69) is 61.0 Å². The number of hydrogen-bond donors (Lipinski definition) is 1. The van der Waals surface area contributed by atoms with E-state index in [4.69, 9.17) is 4.98 Å². The number of fused-ring (bicyclic) bond motifs is 1. The highest BCUT2D eigenvalue weighted by Crippen LogP contribution is 2.30. The number of carbonyl (C=O) groups excluding carboxylic acids is 1. The van der Waals surface area contributed by atoms with Crippen molar-refractivity contribution in [3.8, 4) is 5.69 Å². The predicted molar refractivity (Wildman–Crippen MR) is 121 cm³/mol. The van der Waals surface area contributed by atoms with Crippen LogP contribution in [0, 0.1) is 18.8 Å². The first kappa shape index (κ1) is 20.0. The fourth-order valence-corrected chi connectivity index (χ4v) is 5.05. The van der Waals surface area contributed by atoms with Gasteiger partial charge in [-0.05, 0) is 49.4 Å². The molecule has 0 spiro atoms. The molecular weight excluding hydrogens is 378 g/mol. The number of nitrogens with one attached hydrogen (secondary N) is 1. The molecule has 1 saturated carbocycles. The Kier molecular flexibility index (Phi) is 5.95. The Morgan fingerprint density at radius 1 is 1.14 bits per heavy atom. The van der Waals surface area contributed by atoms with E-state index >= 15 is 0 Å². The van der Waals surface area contributed by atoms with Crippen LogP contribution in [0.2, 0.25) is 0 Å². The van der Waals surface area contributed by atoms with E-state index in [9.17, 15) is 4.79 Å².